The first-order chi connectivity index (χ1) is 9.66. The number of para-hydroxylation sites is 1. The van der Waals surface area contributed by atoms with Crippen molar-refractivity contribution in [2.45, 2.75) is 0 Å². The third-order valence-electron chi connectivity index (χ3n) is 3.06. The molecule has 2 aromatic carbocycles. The highest BCUT2D eigenvalue weighted by Gasteiger charge is 2.01. The van der Waals surface area contributed by atoms with Gasteiger partial charge in [0.05, 0.1) is 6.54 Å². The van der Waals surface area contributed by atoms with Crippen molar-refractivity contribution in [3.63, 3.8) is 0 Å². The molecule has 4 heteroatoms. The summed E-state index contributed by atoms with van der Waals surface area (Å²) in [7, 11) is 2.04. The van der Waals surface area contributed by atoms with Gasteiger partial charge in [0.15, 0.2) is 0 Å². The highest BCUT2D eigenvalue weighted by Crippen LogP contribution is 2.13. The van der Waals surface area contributed by atoms with Gasteiger partial charge in [0.2, 0.25) is 0 Å². The summed E-state index contributed by atoms with van der Waals surface area (Å²) in [4.78, 5) is 2.14. The highest BCUT2D eigenvalue weighted by atomic mass is 16.5. The summed E-state index contributed by atoms with van der Waals surface area (Å²) >= 11 is 0. The third kappa shape index (κ3) is 3.75. The lowest BCUT2D eigenvalue weighted by Crippen LogP contribution is -2.23. The van der Waals surface area contributed by atoms with E-state index in [1.165, 1.54) is 5.69 Å². The molecule has 0 saturated carbocycles. The molecule has 4 nitrogen and oxygen atoms in total. The first-order valence-electron chi connectivity index (χ1n) is 6.50. The molecule has 0 fully saturated rings. The molecule has 0 bridgehead atoms. The van der Waals surface area contributed by atoms with Gasteiger partial charge < -0.3 is 15.4 Å². The number of nitrogens with one attached hydrogen (secondary N) is 1. The van der Waals surface area contributed by atoms with Crippen molar-refractivity contribution in [3.05, 3.63) is 60.2 Å². The Morgan fingerprint density at radius 2 is 1.75 bits per heavy atom. The number of benzene rings is 2. The van der Waals surface area contributed by atoms with Gasteiger partial charge in [0.1, 0.15) is 18.2 Å². The van der Waals surface area contributed by atoms with Crippen molar-refractivity contribution in [2.24, 2.45) is 5.73 Å². The van der Waals surface area contributed by atoms with Crippen LogP contribution in [-0.4, -0.2) is 26.0 Å². The lowest BCUT2D eigenvalue weighted by atomic mass is 10.2. The van der Waals surface area contributed by atoms with E-state index in [0.717, 1.165) is 12.3 Å². The van der Waals surface area contributed by atoms with E-state index in [0.29, 0.717) is 12.2 Å². The molecule has 3 N–H and O–H groups in total. The van der Waals surface area contributed by atoms with Crippen LogP contribution >= 0.6 is 0 Å². The molecule has 0 radical (unpaired) electrons. The fourth-order valence-electron chi connectivity index (χ4n) is 1.84. The van der Waals surface area contributed by atoms with E-state index < -0.39 is 0 Å². The molecule has 0 aliphatic carbocycles. The van der Waals surface area contributed by atoms with Crippen molar-refractivity contribution in [3.8, 4) is 5.75 Å². The van der Waals surface area contributed by atoms with Crippen LogP contribution in [0.25, 0.3) is 0 Å². The molecule has 104 valence electrons. The van der Waals surface area contributed by atoms with Crippen LogP contribution < -0.4 is 15.4 Å². The Bertz CT molecular complexity index is 552. The highest BCUT2D eigenvalue weighted by molar-refractivity contribution is 5.94. The van der Waals surface area contributed by atoms with Gasteiger partial charge in [-0.25, -0.2) is 0 Å². The van der Waals surface area contributed by atoms with Crippen LogP contribution in [0.2, 0.25) is 0 Å². The van der Waals surface area contributed by atoms with Gasteiger partial charge in [-0.05, 0) is 36.4 Å². The number of hydrogen-bond acceptors (Lipinski definition) is 3. The number of rotatable bonds is 6. The SMILES string of the molecule is CN(CCOc1ccc(C(=N)N)cc1)c1ccccc1. The van der Waals surface area contributed by atoms with E-state index >= 15 is 0 Å². The Balaban J connectivity index is 1.82. The summed E-state index contributed by atoms with van der Waals surface area (Å²) in [5.74, 6) is 0.858. The Morgan fingerprint density at radius 3 is 2.35 bits per heavy atom. The topological polar surface area (TPSA) is 62.3 Å². The summed E-state index contributed by atoms with van der Waals surface area (Å²) in [5, 5.41) is 7.33. The summed E-state index contributed by atoms with van der Waals surface area (Å²) in [6, 6.07) is 17.4. The molecule has 0 aliphatic heterocycles. The monoisotopic (exact) mass is 269 g/mol. The molecule has 0 spiro atoms. The molecule has 2 aromatic rings. The number of nitrogens with zero attached hydrogens (tertiary/aromatic N) is 1. The number of hydrogen-bond donors (Lipinski definition) is 2. The molecule has 0 aliphatic rings. The minimum absolute atomic E-state index is 0.0698. The molecule has 20 heavy (non-hydrogen) atoms. The minimum atomic E-state index is 0.0698. The standard InChI is InChI=1S/C16H19N3O/c1-19(14-5-3-2-4-6-14)11-12-20-15-9-7-13(8-10-15)16(17)18/h2-10H,11-12H2,1H3,(H3,17,18). The zero-order valence-electron chi connectivity index (χ0n) is 11.5. The smallest absolute Gasteiger partial charge is 0.122 e. The van der Waals surface area contributed by atoms with Gasteiger partial charge in [-0.2, -0.15) is 0 Å². The van der Waals surface area contributed by atoms with Crippen LogP contribution in [0.4, 0.5) is 5.69 Å². The maximum absolute atomic E-state index is 7.33. The van der Waals surface area contributed by atoms with Crippen molar-refractivity contribution in [1.82, 2.24) is 0 Å². The Labute approximate surface area is 119 Å². The molecular weight excluding hydrogens is 250 g/mol. The van der Waals surface area contributed by atoms with Gasteiger partial charge in [-0.1, -0.05) is 18.2 Å². The van der Waals surface area contributed by atoms with Gasteiger partial charge in [0, 0.05) is 18.3 Å². The van der Waals surface area contributed by atoms with Crippen LogP contribution in [0.3, 0.4) is 0 Å². The third-order valence-corrected chi connectivity index (χ3v) is 3.06. The van der Waals surface area contributed by atoms with Crippen LogP contribution in [0.5, 0.6) is 5.75 Å². The van der Waals surface area contributed by atoms with E-state index in [4.69, 9.17) is 15.9 Å². The largest absolute Gasteiger partial charge is 0.492 e. The molecule has 2 rings (SSSR count). The van der Waals surface area contributed by atoms with Crippen LogP contribution in [0.15, 0.2) is 54.6 Å². The number of nitrogens with two attached hydrogens (primary N) is 1. The zero-order valence-corrected chi connectivity index (χ0v) is 11.5. The summed E-state index contributed by atoms with van der Waals surface area (Å²) in [6.45, 7) is 1.41. The number of nitrogen functional groups attached to an aromatic ring is 1. The van der Waals surface area contributed by atoms with Gasteiger partial charge in [0.25, 0.3) is 0 Å². The maximum atomic E-state index is 7.33. The Hall–Kier alpha value is -2.49. The van der Waals surface area contributed by atoms with E-state index in [1.54, 1.807) is 12.1 Å². The van der Waals surface area contributed by atoms with Crippen LogP contribution in [0, 0.1) is 5.41 Å². The lowest BCUT2D eigenvalue weighted by Gasteiger charge is -2.19. The average molecular weight is 269 g/mol. The van der Waals surface area contributed by atoms with E-state index in [2.05, 4.69) is 17.0 Å². The van der Waals surface area contributed by atoms with E-state index in [9.17, 15) is 0 Å². The average Bonchev–Trinajstić information content (AvgIpc) is 2.48. The normalized spacial score (nSPS) is 10.1. The lowest BCUT2D eigenvalue weighted by molar-refractivity contribution is 0.326. The molecule has 0 heterocycles. The Kier molecular flexibility index (Phi) is 4.60. The molecule has 0 unspecified atom stereocenters. The van der Waals surface area contributed by atoms with Gasteiger partial charge in [-0.15, -0.1) is 0 Å². The van der Waals surface area contributed by atoms with Crippen LogP contribution in [-0.2, 0) is 0 Å². The predicted molar refractivity (Wildman–Crippen MR) is 82.7 cm³/mol. The summed E-state index contributed by atoms with van der Waals surface area (Å²) in [5.41, 5.74) is 7.28. The maximum Gasteiger partial charge on any atom is 0.122 e. The quantitative estimate of drug-likeness (QED) is 0.625. The molecule has 0 atom stereocenters. The van der Waals surface area contributed by atoms with Crippen molar-refractivity contribution < 1.29 is 4.74 Å². The first-order valence-corrected chi connectivity index (χ1v) is 6.50. The first kappa shape index (κ1) is 13.9. The van der Waals surface area contributed by atoms with Crippen molar-refractivity contribution in [1.29, 1.82) is 5.41 Å². The number of ether oxygens (including phenoxy) is 1. The van der Waals surface area contributed by atoms with E-state index in [-0.39, 0.29) is 5.84 Å². The Morgan fingerprint density at radius 1 is 1.10 bits per heavy atom. The second kappa shape index (κ2) is 6.61. The second-order valence-electron chi connectivity index (χ2n) is 4.54. The van der Waals surface area contributed by atoms with E-state index in [1.807, 2.05) is 37.4 Å². The van der Waals surface area contributed by atoms with Gasteiger partial charge >= 0.3 is 0 Å². The summed E-state index contributed by atoms with van der Waals surface area (Å²) < 4.78 is 5.68. The predicted octanol–water partition coefficient (Wildman–Crippen LogP) is 2.49. The molecule has 0 saturated heterocycles. The number of likely N-dealkylation sites (N-methyl/N-ethyl adjacent to an activating group) is 1. The second-order valence-corrected chi connectivity index (χ2v) is 4.54. The minimum Gasteiger partial charge on any atom is -0.492 e. The van der Waals surface area contributed by atoms with Crippen molar-refractivity contribution >= 4 is 11.5 Å². The molecule has 0 aromatic heterocycles. The molecular formula is C16H19N3O. The molecule has 0 amide bonds. The summed E-state index contributed by atoms with van der Waals surface area (Å²) in [6.07, 6.45) is 0. The fraction of sp³-hybridized carbons (Fsp3) is 0.188. The zero-order chi connectivity index (χ0) is 14.4. The van der Waals surface area contributed by atoms with Crippen LogP contribution in [0.1, 0.15) is 5.56 Å². The number of anilines is 1. The number of amidine groups is 1. The van der Waals surface area contributed by atoms with Gasteiger partial charge in [-0.3, -0.25) is 5.41 Å². The fourth-order valence-corrected chi connectivity index (χ4v) is 1.84. The van der Waals surface area contributed by atoms with Crippen molar-refractivity contribution in [2.75, 3.05) is 25.1 Å².